The van der Waals surface area contributed by atoms with Gasteiger partial charge in [-0.2, -0.15) is 0 Å². The lowest BCUT2D eigenvalue weighted by Crippen LogP contribution is -2.47. The molecule has 0 heterocycles. The summed E-state index contributed by atoms with van der Waals surface area (Å²) in [6, 6.07) is 0. The van der Waals surface area contributed by atoms with Crippen molar-refractivity contribution in [2.24, 2.45) is 0 Å². The van der Waals surface area contributed by atoms with Crippen molar-refractivity contribution in [3.05, 3.63) is 0 Å². The largest absolute Gasteiger partial charge is 0.474 e. The Labute approximate surface area is 71.0 Å². The van der Waals surface area contributed by atoms with Crippen molar-refractivity contribution in [1.82, 2.24) is 5.32 Å². The molecule has 66 valence electrons. The smallest absolute Gasteiger partial charge is 0.394 e. The molecule has 4 nitrogen and oxygen atoms in total. The van der Waals surface area contributed by atoms with Gasteiger partial charge in [0.2, 0.25) is 0 Å². The van der Waals surface area contributed by atoms with E-state index in [9.17, 15) is 9.59 Å². The molecule has 0 saturated carbocycles. The lowest BCUT2D eigenvalue weighted by atomic mass is 10.0. The Kier molecular flexibility index (Phi) is 3.30. The summed E-state index contributed by atoms with van der Waals surface area (Å²) in [5, 5.41) is 10.5. The van der Waals surface area contributed by atoms with E-state index >= 15 is 0 Å². The number of hydrogen-bond donors (Lipinski definition) is 2. The zero-order valence-corrected chi connectivity index (χ0v) is 7.05. The number of nitrogens with one attached hydrogen (secondary N) is 1. The van der Waals surface area contributed by atoms with Gasteiger partial charge in [0, 0.05) is 0 Å². The molecular formula is C8H11NO3. The van der Waals surface area contributed by atoms with E-state index in [0.29, 0.717) is 6.42 Å². The van der Waals surface area contributed by atoms with Crippen molar-refractivity contribution in [1.29, 1.82) is 0 Å². The van der Waals surface area contributed by atoms with Gasteiger partial charge in [-0.05, 0) is 13.3 Å². The highest BCUT2D eigenvalue weighted by molar-refractivity contribution is 6.31. The second-order valence-corrected chi connectivity index (χ2v) is 2.59. The third-order valence-electron chi connectivity index (χ3n) is 1.61. The molecule has 0 aromatic carbocycles. The van der Waals surface area contributed by atoms with Gasteiger partial charge in [-0.1, -0.05) is 12.8 Å². The highest BCUT2D eigenvalue weighted by Crippen LogP contribution is 2.06. The van der Waals surface area contributed by atoms with E-state index in [1.807, 2.05) is 0 Å². The topological polar surface area (TPSA) is 66.4 Å². The number of carboxylic acids is 1. The molecule has 4 heteroatoms. The fraction of sp³-hybridized carbons (Fsp3) is 0.500. The summed E-state index contributed by atoms with van der Waals surface area (Å²) in [5.74, 6) is -0.277. The molecule has 0 saturated heterocycles. The minimum absolute atomic E-state index is 0.489. The van der Waals surface area contributed by atoms with E-state index in [1.54, 1.807) is 13.8 Å². The third-order valence-corrected chi connectivity index (χ3v) is 1.61. The Balaban J connectivity index is 4.34. The van der Waals surface area contributed by atoms with E-state index < -0.39 is 17.4 Å². The van der Waals surface area contributed by atoms with Gasteiger partial charge in [0.05, 0.1) is 5.54 Å². The monoisotopic (exact) mass is 169 g/mol. The standard InChI is InChI=1S/C8H11NO3/c1-4-8(3,5-2)9-6(10)7(11)12/h1H,5H2,2-3H3,(H,9,10)(H,11,12). The molecule has 0 rings (SSSR count). The fourth-order valence-electron chi connectivity index (χ4n) is 0.531. The summed E-state index contributed by atoms with van der Waals surface area (Å²) in [6.07, 6.45) is 5.60. The number of hydrogen-bond acceptors (Lipinski definition) is 2. The number of amides is 1. The highest BCUT2D eigenvalue weighted by Gasteiger charge is 2.24. The van der Waals surface area contributed by atoms with Crippen LogP contribution in [0, 0.1) is 12.3 Å². The van der Waals surface area contributed by atoms with Crippen LogP contribution >= 0.6 is 0 Å². The van der Waals surface area contributed by atoms with Crippen molar-refractivity contribution in [3.63, 3.8) is 0 Å². The molecule has 1 amide bonds. The summed E-state index contributed by atoms with van der Waals surface area (Å²) in [4.78, 5) is 20.8. The number of carboxylic acid groups (broad SMARTS) is 1. The van der Waals surface area contributed by atoms with Crippen LogP contribution in [0.15, 0.2) is 0 Å². The van der Waals surface area contributed by atoms with E-state index in [1.165, 1.54) is 0 Å². The summed E-state index contributed by atoms with van der Waals surface area (Å²) in [7, 11) is 0. The van der Waals surface area contributed by atoms with E-state index in [-0.39, 0.29) is 0 Å². The van der Waals surface area contributed by atoms with Gasteiger partial charge < -0.3 is 10.4 Å². The van der Waals surface area contributed by atoms with Crippen LogP contribution in [0.25, 0.3) is 0 Å². The maximum Gasteiger partial charge on any atom is 0.394 e. The summed E-state index contributed by atoms with van der Waals surface area (Å²) in [6.45, 7) is 3.36. The Morgan fingerprint density at radius 1 is 1.67 bits per heavy atom. The summed E-state index contributed by atoms with van der Waals surface area (Å²) < 4.78 is 0. The Morgan fingerprint density at radius 3 is 2.42 bits per heavy atom. The molecule has 12 heavy (non-hydrogen) atoms. The molecule has 0 aliphatic carbocycles. The second-order valence-electron chi connectivity index (χ2n) is 2.59. The summed E-state index contributed by atoms with van der Waals surface area (Å²) in [5.41, 5.74) is -0.866. The molecule has 0 aromatic rings. The van der Waals surface area contributed by atoms with Gasteiger partial charge in [0.15, 0.2) is 0 Å². The predicted octanol–water partition coefficient (Wildman–Crippen LogP) is -0.0109. The average molecular weight is 169 g/mol. The molecule has 0 aliphatic heterocycles. The number of carbonyl (C=O) groups is 2. The van der Waals surface area contributed by atoms with Gasteiger partial charge in [0.25, 0.3) is 0 Å². The van der Waals surface area contributed by atoms with Crippen molar-refractivity contribution in [3.8, 4) is 12.3 Å². The first-order valence-corrected chi connectivity index (χ1v) is 3.48. The highest BCUT2D eigenvalue weighted by atomic mass is 16.4. The van der Waals surface area contributed by atoms with Gasteiger partial charge >= 0.3 is 11.9 Å². The van der Waals surface area contributed by atoms with Crippen molar-refractivity contribution in [2.75, 3.05) is 0 Å². The SMILES string of the molecule is C#CC(C)(CC)NC(=O)C(=O)O. The van der Waals surface area contributed by atoms with Crippen LogP contribution in [-0.4, -0.2) is 22.5 Å². The number of rotatable bonds is 2. The lowest BCUT2D eigenvalue weighted by Gasteiger charge is -2.21. The Hall–Kier alpha value is -1.50. The zero-order valence-electron chi connectivity index (χ0n) is 7.05. The first-order valence-electron chi connectivity index (χ1n) is 3.48. The minimum Gasteiger partial charge on any atom is -0.474 e. The van der Waals surface area contributed by atoms with Crippen molar-refractivity contribution in [2.45, 2.75) is 25.8 Å². The quantitative estimate of drug-likeness (QED) is 0.451. The Morgan fingerprint density at radius 2 is 2.17 bits per heavy atom. The maximum absolute atomic E-state index is 10.7. The van der Waals surface area contributed by atoms with Gasteiger partial charge in [-0.15, -0.1) is 6.42 Å². The van der Waals surface area contributed by atoms with E-state index in [0.717, 1.165) is 0 Å². The van der Waals surface area contributed by atoms with Crippen molar-refractivity contribution >= 4 is 11.9 Å². The third kappa shape index (κ3) is 2.62. The van der Waals surface area contributed by atoms with Gasteiger partial charge in [0.1, 0.15) is 0 Å². The van der Waals surface area contributed by atoms with Gasteiger partial charge in [-0.25, -0.2) is 4.79 Å². The first kappa shape index (κ1) is 10.5. The molecule has 2 N–H and O–H groups in total. The Bertz CT molecular complexity index is 241. The van der Waals surface area contributed by atoms with Crippen molar-refractivity contribution < 1.29 is 14.7 Å². The van der Waals surface area contributed by atoms with Crippen LogP contribution in [0.4, 0.5) is 0 Å². The first-order chi connectivity index (χ1) is 5.45. The predicted molar refractivity (Wildman–Crippen MR) is 43.3 cm³/mol. The molecule has 0 aromatic heterocycles. The van der Waals surface area contributed by atoms with Crippen LogP contribution in [0.1, 0.15) is 20.3 Å². The minimum atomic E-state index is -1.52. The normalized spacial score (nSPS) is 14.1. The zero-order chi connectivity index (χ0) is 9.78. The van der Waals surface area contributed by atoms with Crippen LogP contribution in [0.3, 0.4) is 0 Å². The molecule has 1 atom stereocenters. The van der Waals surface area contributed by atoms with E-state index in [2.05, 4.69) is 11.2 Å². The molecule has 0 spiro atoms. The van der Waals surface area contributed by atoms with Crippen LogP contribution < -0.4 is 5.32 Å². The maximum atomic E-state index is 10.7. The molecule has 0 radical (unpaired) electrons. The fourth-order valence-corrected chi connectivity index (χ4v) is 0.531. The van der Waals surface area contributed by atoms with Gasteiger partial charge in [-0.3, -0.25) is 4.79 Å². The molecule has 1 unspecified atom stereocenters. The van der Waals surface area contributed by atoms with Crippen LogP contribution in [0.5, 0.6) is 0 Å². The molecule has 0 fully saturated rings. The second kappa shape index (κ2) is 3.77. The van der Waals surface area contributed by atoms with E-state index in [4.69, 9.17) is 11.5 Å². The van der Waals surface area contributed by atoms with Crippen LogP contribution in [0.2, 0.25) is 0 Å². The average Bonchev–Trinajstić information content (AvgIpc) is 2.04. The summed E-state index contributed by atoms with van der Waals surface area (Å²) >= 11 is 0. The van der Waals surface area contributed by atoms with Crippen LogP contribution in [-0.2, 0) is 9.59 Å². The molecule has 0 bridgehead atoms. The molecule has 0 aliphatic rings. The lowest BCUT2D eigenvalue weighted by molar-refractivity contribution is -0.150. The number of terminal acetylenes is 1. The number of carbonyl (C=O) groups excluding carboxylic acids is 1. The molecular weight excluding hydrogens is 158 g/mol. The number of aliphatic carboxylic acids is 1.